The van der Waals surface area contributed by atoms with E-state index in [9.17, 15) is 9.90 Å². The van der Waals surface area contributed by atoms with E-state index in [4.69, 9.17) is 14.2 Å². The number of rotatable bonds is 6. The highest BCUT2D eigenvalue weighted by molar-refractivity contribution is 5.81. The van der Waals surface area contributed by atoms with Gasteiger partial charge in [0.1, 0.15) is 6.10 Å². The quantitative estimate of drug-likeness (QED) is 0.716. The lowest BCUT2D eigenvalue weighted by atomic mass is 9.80. The van der Waals surface area contributed by atoms with Crippen molar-refractivity contribution < 1.29 is 24.1 Å². The Morgan fingerprint density at radius 3 is 2.65 bits per heavy atom. The van der Waals surface area contributed by atoms with Crippen LogP contribution in [0.4, 0.5) is 0 Å². The van der Waals surface area contributed by atoms with Crippen molar-refractivity contribution in [3.8, 4) is 11.5 Å². The molecular formula is C25H29NO5. The summed E-state index contributed by atoms with van der Waals surface area (Å²) >= 11 is 0. The van der Waals surface area contributed by atoms with Gasteiger partial charge in [-0.1, -0.05) is 49.2 Å². The molecule has 0 aromatic heterocycles. The first-order valence-corrected chi connectivity index (χ1v) is 11.2. The Morgan fingerprint density at radius 1 is 1.06 bits per heavy atom. The summed E-state index contributed by atoms with van der Waals surface area (Å²) in [5.41, 5.74) is 0.216. The number of hydrogen-bond acceptors (Lipinski definition) is 6. The number of hydrogen-bond donors (Lipinski definition) is 1. The zero-order valence-electron chi connectivity index (χ0n) is 17.7. The number of nitrogens with zero attached hydrogens (tertiary/aromatic N) is 1. The molecule has 0 bridgehead atoms. The fraction of sp³-hybridized carbons (Fsp3) is 0.480. The molecule has 2 aromatic carbocycles. The molecule has 2 aliphatic heterocycles. The minimum atomic E-state index is -1.57. The van der Waals surface area contributed by atoms with E-state index in [1.165, 1.54) is 0 Å². The highest BCUT2D eigenvalue weighted by Gasteiger charge is 2.48. The normalized spacial score (nSPS) is 23.1. The van der Waals surface area contributed by atoms with Gasteiger partial charge in [0, 0.05) is 25.6 Å². The smallest absolute Gasteiger partial charge is 0.343 e. The van der Waals surface area contributed by atoms with Crippen LogP contribution in [0, 0.1) is 5.92 Å². The van der Waals surface area contributed by atoms with E-state index in [0.29, 0.717) is 12.1 Å². The molecule has 1 N–H and O–H groups in total. The SMILES string of the molecule is O=C(O[C@H]1CCN(Cc2ccc3c(c2)OCO3)C1)[C@](O)(c1ccccc1)C1CCCC1. The van der Waals surface area contributed by atoms with Gasteiger partial charge in [-0.2, -0.15) is 0 Å². The fourth-order valence-corrected chi connectivity index (χ4v) is 5.13. The Kier molecular flexibility index (Phi) is 5.59. The van der Waals surface area contributed by atoms with Gasteiger partial charge >= 0.3 is 5.97 Å². The maximum atomic E-state index is 13.3. The predicted octanol–water partition coefficient (Wildman–Crippen LogP) is 3.61. The Bertz CT molecular complexity index is 927. The summed E-state index contributed by atoms with van der Waals surface area (Å²) in [6, 6.07) is 15.3. The number of fused-ring (bicyclic) bond motifs is 1. The highest BCUT2D eigenvalue weighted by Crippen LogP contribution is 2.42. The maximum absolute atomic E-state index is 13.3. The van der Waals surface area contributed by atoms with Gasteiger partial charge in [0.25, 0.3) is 0 Å². The average molecular weight is 424 g/mol. The van der Waals surface area contributed by atoms with Gasteiger partial charge in [-0.15, -0.1) is 0 Å². The lowest BCUT2D eigenvalue weighted by Gasteiger charge is -2.33. The second-order valence-electron chi connectivity index (χ2n) is 8.85. The number of carbonyl (C=O) groups is 1. The molecule has 1 aliphatic carbocycles. The van der Waals surface area contributed by atoms with E-state index in [0.717, 1.165) is 62.3 Å². The third kappa shape index (κ3) is 4.02. The van der Waals surface area contributed by atoms with E-state index < -0.39 is 11.6 Å². The first-order valence-electron chi connectivity index (χ1n) is 11.2. The lowest BCUT2D eigenvalue weighted by molar-refractivity contribution is -0.178. The van der Waals surface area contributed by atoms with Crippen LogP contribution in [0.2, 0.25) is 0 Å². The van der Waals surface area contributed by atoms with E-state index in [1.54, 1.807) is 0 Å². The molecular weight excluding hydrogens is 394 g/mol. The van der Waals surface area contributed by atoms with Crippen LogP contribution in [0.15, 0.2) is 48.5 Å². The monoisotopic (exact) mass is 423 g/mol. The van der Waals surface area contributed by atoms with E-state index in [1.807, 2.05) is 48.5 Å². The maximum Gasteiger partial charge on any atom is 0.343 e. The van der Waals surface area contributed by atoms with Crippen molar-refractivity contribution in [3.05, 3.63) is 59.7 Å². The summed E-state index contributed by atoms with van der Waals surface area (Å²) in [4.78, 5) is 15.6. The summed E-state index contributed by atoms with van der Waals surface area (Å²) in [7, 11) is 0. The molecule has 1 saturated heterocycles. The third-order valence-corrected chi connectivity index (χ3v) is 6.82. The van der Waals surface area contributed by atoms with Crippen LogP contribution in [-0.4, -0.2) is 42.0 Å². The third-order valence-electron chi connectivity index (χ3n) is 6.82. The van der Waals surface area contributed by atoms with E-state index >= 15 is 0 Å². The molecule has 2 heterocycles. The van der Waals surface area contributed by atoms with Crippen molar-refractivity contribution in [1.29, 1.82) is 0 Å². The van der Waals surface area contributed by atoms with Gasteiger partial charge in [-0.25, -0.2) is 4.79 Å². The summed E-state index contributed by atoms with van der Waals surface area (Å²) < 4.78 is 16.8. The molecule has 0 radical (unpaired) electrons. The highest BCUT2D eigenvalue weighted by atomic mass is 16.7. The molecule has 2 aromatic rings. The summed E-state index contributed by atoms with van der Waals surface area (Å²) in [5, 5.41) is 11.6. The molecule has 0 spiro atoms. The molecule has 0 unspecified atom stereocenters. The number of esters is 1. The number of ether oxygens (including phenoxy) is 3. The average Bonchev–Trinajstić information content (AvgIpc) is 3.56. The van der Waals surface area contributed by atoms with Crippen molar-refractivity contribution in [2.24, 2.45) is 5.92 Å². The molecule has 6 nitrogen and oxygen atoms in total. The Morgan fingerprint density at radius 2 is 1.84 bits per heavy atom. The second kappa shape index (κ2) is 8.52. The van der Waals surface area contributed by atoms with Gasteiger partial charge in [-0.05, 0) is 42.5 Å². The van der Waals surface area contributed by atoms with E-state index in [2.05, 4.69) is 4.90 Å². The van der Waals surface area contributed by atoms with Gasteiger partial charge in [0.05, 0.1) is 0 Å². The Labute approximate surface area is 182 Å². The molecule has 2 fully saturated rings. The molecule has 31 heavy (non-hydrogen) atoms. The van der Waals surface area contributed by atoms with Crippen molar-refractivity contribution in [2.75, 3.05) is 19.9 Å². The standard InChI is InChI=1S/C25H29NO5/c27-24(25(28,20-8-4-5-9-20)19-6-2-1-3-7-19)31-21-12-13-26(16-21)15-18-10-11-22-23(14-18)30-17-29-22/h1-3,6-7,10-11,14,20-21,28H,4-5,8-9,12-13,15-17H2/t21-,25-/m0/s1. The van der Waals surface area contributed by atoms with Crippen LogP contribution in [0.1, 0.15) is 43.2 Å². The predicted molar refractivity (Wildman–Crippen MR) is 115 cm³/mol. The zero-order chi connectivity index (χ0) is 21.3. The van der Waals surface area contributed by atoms with E-state index in [-0.39, 0.29) is 18.8 Å². The first-order chi connectivity index (χ1) is 15.1. The van der Waals surface area contributed by atoms with Crippen LogP contribution in [0.5, 0.6) is 11.5 Å². The number of aliphatic hydroxyl groups is 1. The number of likely N-dealkylation sites (tertiary alicyclic amines) is 1. The van der Waals surface area contributed by atoms with Gasteiger partial charge in [0.2, 0.25) is 6.79 Å². The van der Waals surface area contributed by atoms with Crippen LogP contribution >= 0.6 is 0 Å². The van der Waals surface area contributed by atoms with Crippen molar-refractivity contribution >= 4 is 5.97 Å². The lowest BCUT2D eigenvalue weighted by Crippen LogP contribution is -2.45. The minimum Gasteiger partial charge on any atom is -0.459 e. The van der Waals surface area contributed by atoms with Crippen LogP contribution in [-0.2, 0) is 21.7 Å². The summed E-state index contributed by atoms with van der Waals surface area (Å²) in [6.07, 6.45) is 4.34. The molecule has 164 valence electrons. The topological polar surface area (TPSA) is 68.2 Å². The second-order valence-corrected chi connectivity index (χ2v) is 8.85. The first kappa shape index (κ1) is 20.3. The van der Waals surface area contributed by atoms with Crippen molar-refractivity contribution in [1.82, 2.24) is 4.90 Å². The van der Waals surface area contributed by atoms with Gasteiger partial charge < -0.3 is 19.3 Å². The van der Waals surface area contributed by atoms with Crippen molar-refractivity contribution in [3.63, 3.8) is 0 Å². The van der Waals surface area contributed by atoms with Crippen LogP contribution in [0.25, 0.3) is 0 Å². The molecule has 1 saturated carbocycles. The van der Waals surface area contributed by atoms with Gasteiger partial charge in [0.15, 0.2) is 17.1 Å². The molecule has 3 aliphatic rings. The van der Waals surface area contributed by atoms with Crippen LogP contribution in [0.3, 0.4) is 0 Å². The molecule has 6 heteroatoms. The Balaban J connectivity index is 1.24. The zero-order valence-corrected chi connectivity index (χ0v) is 17.7. The summed E-state index contributed by atoms with van der Waals surface area (Å²) in [5.74, 6) is 0.974. The fourth-order valence-electron chi connectivity index (χ4n) is 5.13. The van der Waals surface area contributed by atoms with Crippen molar-refractivity contribution in [2.45, 2.75) is 50.4 Å². The van der Waals surface area contributed by atoms with Crippen LogP contribution < -0.4 is 9.47 Å². The largest absolute Gasteiger partial charge is 0.459 e. The van der Waals surface area contributed by atoms with Gasteiger partial charge in [-0.3, -0.25) is 4.90 Å². The Hall–Kier alpha value is -2.57. The minimum absolute atomic E-state index is 0.0893. The number of carbonyl (C=O) groups excluding carboxylic acids is 1. The number of benzene rings is 2. The molecule has 5 rings (SSSR count). The molecule has 0 amide bonds. The molecule has 2 atom stereocenters. The summed E-state index contributed by atoms with van der Waals surface area (Å²) in [6.45, 7) is 2.54.